The Morgan fingerprint density at radius 3 is 2.75 bits per heavy atom. The average molecular weight is 332 g/mol. The number of carbonyl (C=O) groups is 2. The van der Waals surface area contributed by atoms with E-state index >= 15 is 0 Å². The van der Waals surface area contributed by atoms with E-state index in [-0.39, 0.29) is 23.8 Å². The molecule has 2 fully saturated rings. The number of carbonyl (C=O) groups excluding carboxylic acids is 2. The van der Waals surface area contributed by atoms with Crippen molar-refractivity contribution in [2.75, 3.05) is 38.2 Å². The summed E-state index contributed by atoms with van der Waals surface area (Å²) < 4.78 is 5.35. The predicted molar refractivity (Wildman–Crippen MR) is 89.5 cm³/mol. The number of hydrogen-bond acceptors (Lipinski definition) is 5. The number of nitrogens with one attached hydrogen (secondary N) is 2. The molecule has 2 aliphatic heterocycles. The van der Waals surface area contributed by atoms with E-state index in [1.165, 1.54) is 0 Å². The van der Waals surface area contributed by atoms with Gasteiger partial charge in [-0.15, -0.1) is 0 Å². The number of rotatable bonds is 3. The number of aromatic nitrogens is 1. The van der Waals surface area contributed by atoms with Gasteiger partial charge in [0.05, 0.1) is 13.2 Å². The van der Waals surface area contributed by atoms with Crippen LogP contribution in [0.15, 0.2) is 18.3 Å². The second-order valence-electron chi connectivity index (χ2n) is 6.39. The van der Waals surface area contributed by atoms with Crippen molar-refractivity contribution in [1.82, 2.24) is 15.2 Å². The third kappa shape index (κ3) is 4.10. The molecule has 24 heavy (non-hydrogen) atoms. The van der Waals surface area contributed by atoms with E-state index in [9.17, 15) is 9.59 Å². The Morgan fingerprint density at radius 1 is 1.33 bits per heavy atom. The van der Waals surface area contributed by atoms with Crippen molar-refractivity contribution in [1.29, 1.82) is 0 Å². The summed E-state index contributed by atoms with van der Waals surface area (Å²) in [6, 6.07) is 3.48. The molecule has 2 amide bonds. The van der Waals surface area contributed by atoms with Gasteiger partial charge in [-0.25, -0.2) is 4.98 Å². The van der Waals surface area contributed by atoms with E-state index in [0.29, 0.717) is 51.5 Å². The second kappa shape index (κ2) is 7.72. The first-order valence-corrected chi connectivity index (χ1v) is 8.47. The molecule has 2 saturated heterocycles. The Labute approximate surface area is 141 Å². The minimum Gasteiger partial charge on any atom is -0.378 e. The fraction of sp³-hybridized carbons (Fsp3) is 0.588. The van der Waals surface area contributed by atoms with Crippen LogP contribution in [0.5, 0.6) is 0 Å². The van der Waals surface area contributed by atoms with Crippen LogP contribution in [0.4, 0.5) is 5.82 Å². The summed E-state index contributed by atoms with van der Waals surface area (Å²) in [5.74, 6) is 0.562. The van der Waals surface area contributed by atoms with Crippen molar-refractivity contribution >= 4 is 17.6 Å². The molecule has 7 nitrogen and oxygen atoms in total. The summed E-state index contributed by atoms with van der Waals surface area (Å²) >= 11 is 0. The maximum atomic E-state index is 12.4. The lowest BCUT2D eigenvalue weighted by Gasteiger charge is -2.34. The summed E-state index contributed by atoms with van der Waals surface area (Å²) in [7, 11) is 0. The topological polar surface area (TPSA) is 83.6 Å². The molecule has 0 radical (unpaired) electrons. The molecule has 0 saturated carbocycles. The lowest BCUT2D eigenvalue weighted by atomic mass is 9.95. The molecule has 2 N–H and O–H groups in total. The number of amides is 2. The van der Waals surface area contributed by atoms with Gasteiger partial charge in [0, 0.05) is 31.7 Å². The zero-order valence-electron chi connectivity index (χ0n) is 14.0. The molecule has 3 heterocycles. The van der Waals surface area contributed by atoms with Gasteiger partial charge in [-0.1, -0.05) is 6.07 Å². The molecule has 1 aromatic heterocycles. The Morgan fingerprint density at radius 2 is 2.12 bits per heavy atom. The Bertz CT molecular complexity index is 576. The van der Waals surface area contributed by atoms with E-state index in [1.54, 1.807) is 12.3 Å². The first-order valence-electron chi connectivity index (χ1n) is 8.47. The van der Waals surface area contributed by atoms with Gasteiger partial charge in [-0.05, 0) is 31.4 Å². The summed E-state index contributed by atoms with van der Waals surface area (Å²) in [6.07, 6.45) is 3.09. The summed E-state index contributed by atoms with van der Waals surface area (Å²) in [6.45, 7) is 4.96. The molecular formula is C17H24N4O3. The highest BCUT2D eigenvalue weighted by atomic mass is 16.5. The molecule has 0 spiro atoms. The number of piperidine rings is 1. The molecule has 3 rings (SSSR count). The van der Waals surface area contributed by atoms with Crippen LogP contribution in [-0.4, -0.2) is 60.6 Å². The third-order valence-corrected chi connectivity index (χ3v) is 4.56. The Balaban J connectivity index is 1.48. The quantitative estimate of drug-likeness (QED) is 0.845. The first kappa shape index (κ1) is 16.9. The normalized spacial score (nSPS) is 22.2. The maximum absolute atomic E-state index is 12.4. The third-order valence-electron chi connectivity index (χ3n) is 4.56. The average Bonchev–Trinajstić information content (AvgIpc) is 2.64. The number of hydrogen-bond donors (Lipinski definition) is 2. The number of pyridine rings is 1. The Hall–Kier alpha value is -1.99. The SMILES string of the molecule is Cc1ccc(NC(=O)C2CCN(C(=O)C3COCCN3)CC2)nc1. The number of nitrogens with zero attached hydrogens (tertiary/aromatic N) is 2. The van der Waals surface area contributed by atoms with Gasteiger partial charge in [-0.2, -0.15) is 0 Å². The monoisotopic (exact) mass is 332 g/mol. The van der Waals surface area contributed by atoms with Crippen LogP contribution >= 0.6 is 0 Å². The van der Waals surface area contributed by atoms with Crippen molar-refractivity contribution in [3.63, 3.8) is 0 Å². The van der Waals surface area contributed by atoms with E-state index in [2.05, 4.69) is 15.6 Å². The van der Waals surface area contributed by atoms with Crippen molar-refractivity contribution in [3.05, 3.63) is 23.9 Å². The van der Waals surface area contributed by atoms with E-state index < -0.39 is 0 Å². The summed E-state index contributed by atoms with van der Waals surface area (Å²) in [4.78, 5) is 30.8. The molecule has 2 aliphatic rings. The van der Waals surface area contributed by atoms with Crippen LogP contribution < -0.4 is 10.6 Å². The highest BCUT2D eigenvalue weighted by molar-refractivity contribution is 5.92. The summed E-state index contributed by atoms with van der Waals surface area (Å²) in [5, 5.41) is 6.04. The number of anilines is 1. The highest BCUT2D eigenvalue weighted by Gasteiger charge is 2.31. The van der Waals surface area contributed by atoms with Gasteiger partial charge in [0.1, 0.15) is 11.9 Å². The van der Waals surface area contributed by atoms with Gasteiger partial charge in [-0.3, -0.25) is 9.59 Å². The number of morpholine rings is 1. The largest absolute Gasteiger partial charge is 0.378 e. The van der Waals surface area contributed by atoms with Crippen LogP contribution in [0.25, 0.3) is 0 Å². The summed E-state index contributed by atoms with van der Waals surface area (Å²) in [5.41, 5.74) is 1.06. The predicted octanol–water partition coefficient (Wildman–Crippen LogP) is 0.556. The first-order chi connectivity index (χ1) is 11.6. The van der Waals surface area contributed by atoms with Gasteiger partial charge >= 0.3 is 0 Å². The minimum absolute atomic E-state index is 0.0161. The van der Waals surface area contributed by atoms with Crippen molar-refractivity contribution in [2.24, 2.45) is 5.92 Å². The zero-order chi connectivity index (χ0) is 16.9. The molecule has 1 aromatic rings. The standard InChI is InChI=1S/C17H24N4O3/c1-12-2-3-15(19-10-12)20-16(22)13-4-7-21(8-5-13)17(23)14-11-24-9-6-18-14/h2-3,10,13-14,18H,4-9,11H2,1H3,(H,19,20,22). The molecule has 0 aliphatic carbocycles. The molecule has 1 unspecified atom stereocenters. The molecule has 7 heteroatoms. The molecule has 130 valence electrons. The molecule has 0 aromatic carbocycles. The van der Waals surface area contributed by atoms with Crippen LogP contribution in [0.1, 0.15) is 18.4 Å². The van der Waals surface area contributed by atoms with E-state index in [1.807, 2.05) is 17.9 Å². The zero-order valence-corrected chi connectivity index (χ0v) is 14.0. The number of likely N-dealkylation sites (tertiary alicyclic amines) is 1. The van der Waals surface area contributed by atoms with Crippen LogP contribution in [0.3, 0.4) is 0 Å². The fourth-order valence-corrected chi connectivity index (χ4v) is 3.08. The van der Waals surface area contributed by atoms with E-state index in [4.69, 9.17) is 4.74 Å². The fourth-order valence-electron chi connectivity index (χ4n) is 3.08. The number of aryl methyl sites for hydroxylation is 1. The van der Waals surface area contributed by atoms with Crippen molar-refractivity contribution < 1.29 is 14.3 Å². The van der Waals surface area contributed by atoms with Gasteiger partial charge in [0.2, 0.25) is 11.8 Å². The van der Waals surface area contributed by atoms with Gasteiger partial charge < -0.3 is 20.3 Å². The number of ether oxygens (including phenoxy) is 1. The smallest absolute Gasteiger partial charge is 0.242 e. The van der Waals surface area contributed by atoms with Crippen LogP contribution in [-0.2, 0) is 14.3 Å². The maximum Gasteiger partial charge on any atom is 0.242 e. The van der Waals surface area contributed by atoms with Crippen LogP contribution in [0.2, 0.25) is 0 Å². The second-order valence-corrected chi connectivity index (χ2v) is 6.39. The highest BCUT2D eigenvalue weighted by Crippen LogP contribution is 2.20. The Kier molecular flexibility index (Phi) is 5.42. The molecule has 0 bridgehead atoms. The van der Waals surface area contributed by atoms with Gasteiger partial charge in [0.15, 0.2) is 0 Å². The van der Waals surface area contributed by atoms with Crippen molar-refractivity contribution in [2.45, 2.75) is 25.8 Å². The molecule has 1 atom stereocenters. The van der Waals surface area contributed by atoms with E-state index in [0.717, 1.165) is 5.56 Å². The molecular weight excluding hydrogens is 308 g/mol. The van der Waals surface area contributed by atoms with Crippen LogP contribution in [0, 0.1) is 12.8 Å². The lowest BCUT2D eigenvalue weighted by molar-refractivity contribution is -0.139. The van der Waals surface area contributed by atoms with Gasteiger partial charge in [0.25, 0.3) is 0 Å². The lowest BCUT2D eigenvalue weighted by Crippen LogP contribution is -2.54. The van der Waals surface area contributed by atoms with Crippen molar-refractivity contribution in [3.8, 4) is 0 Å². The minimum atomic E-state index is -0.249.